The van der Waals surface area contributed by atoms with E-state index >= 15 is 0 Å². The molecule has 0 N–H and O–H groups in total. The molecular formula is C18H19N5OS. The first-order valence-electron chi connectivity index (χ1n) is 8.38. The summed E-state index contributed by atoms with van der Waals surface area (Å²) in [5.74, 6) is 1.37. The van der Waals surface area contributed by atoms with Crippen LogP contribution in [0.2, 0.25) is 0 Å². The van der Waals surface area contributed by atoms with E-state index in [4.69, 9.17) is 0 Å². The summed E-state index contributed by atoms with van der Waals surface area (Å²) in [7, 11) is 0. The van der Waals surface area contributed by atoms with Crippen LogP contribution in [-0.2, 0) is 6.54 Å². The predicted molar refractivity (Wildman–Crippen MR) is 95.6 cm³/mol. The van der Waals surface area contributed by atoms with E-state index in [2.05, 4.69) is 24.9 Å². The van der Waals surface area contributed by atoms with Gasteiger partial charge in [0.1, 0.15) is 5.82 Å². The minimum absolute atomic E-state index is 0.0738. The van der Waals surface area contributed by atoms with Gasteiger partial charge in [0.2, 0.25) is 0 Å². The molecule has 0 saturated carbocycles. The number of pyridine rings is 1. The lowest BCUT2D eigenvalue weighted by Gasteiger charge is -2.32. The van der Waals surface area contributed by atoms with E-state index < -0.39 is 0 Å². The zero-order valence-electron chi connectivity index (χ0n) is 13.8. The topological polar surface area (TPSA) is 63.9 Å². The minimum atomic E-state index is 0.0738. The smallest absolute Gasteiger partial charge is 0.253 e. The monoisotopic (exact) mass is 353 g/mol. The molecule has 0 spiro atoms. The van der Waals surface area contributed by atoms with Crippen molar-refractivity contribution in [2.45, 2.75) is 25.3 Å². The molecule has 0 aliphatic carbocycles. The molecule has 6 nitrogen and oxygen atoms in total. The standard InChI is InChI=1S/C18H19N5OS/c24-18(14-3-5-19-6-4-14)23-8-1-2-15(10-23)17-20-7-9-22(17)11-16-12-25-13-21-16/h3-7,9,12-13,15H,1-2,8,10-11H2/t15-/m1/s1. The van der Waals surface area contributed by atoms with Crippen LogP contribution < -0.4 is 0 Å². The summed E-state index contributed by atoms with van der Waals surface area (Å²) < 4.78 is 2.15. The SMILES string of the molecule is O=C(c1ccncc1)N1CCC[C@@H](c2nccn2Cc2cscn2)C1. The Morgan fingerprint density at radius 2 is 2.12 bits per heavy atom. The normalized spacial score (nSPS) is 17.6. The van der Waals surface area contributed by atoms with Crippen LogP contribution in [0.4, 0.5) is 0 Å². The van der Waals surface area contributed by atoms with Gasteiger partial charge in [-0.15, -0.1) is 11.3 Å². The van der Waals surface area contributed by atoms with Crippen molar-refractivity contribution in [1.29, 1.82) is 0 Å². The molecule has 0 unspecified atom stereocenters. The maximum absolute atomic E-state index is 12.7. The molecule has 1 saturated heterocycles. The fourth-order valence-electron chi connectivity index (χ4n) is 3.35. The van der Waals surface area contributed by atoms with Crippen LogP contribution in [0.5, 0.6) is 0 Å². The molecule has 0 aromatic carbocycles. The van der Waals surface area contributed by atoms with Crippen molar-refractivity contribution in [3.05, 3.63) is 64.9 Å². The van der Waals surface area contributed by atoms with E-state index in [1.165, 1.54) is 0 Å². The second-order valence-electron chi connectivity index (χ2n) is 6.22. The fraction of sp³-hybridized carbons (Fsp3) is 0.333. The molecule has 3 aromatic heterocycles. The Labute approximate surface area is 150 Å². The second-order valence-corrected chi connectivity index (χ2v) is 6.94. The van der Waals surface area contributed by atoms with E-state index in [1.807, 2.05) is 22.8 Å². The van der Waals surface area contributed by atoms with Crippen molar-refractivity contribution in [2.24, 2.45) is 0 Å². The summed E-state index contributed by atoms with van der Waals surface area (Å²) in [5, 5.41) is 2.06. The van der Waals surface area contributed by atoms with Gasteiger partial charge >= 0.3 is 0 Å². The highest BCUT2D eigenvalue weighted by Gasteiger charge is 2.28. The number of aromatic nitrogens is 4. The molecule has 4 heterocycles. The zero-order valence-corrected chi connectivity index (χ0v) is 14.6. The van der Waals surface area contributed by atoms with Gasteiger partial charge in [-0.05, 0) is 25.0 Å². The highest BCUT2D eigenvalue weighted by molar-refractivity contribution is 7.07. The number of piperidine rings is 1. The van der Waals surface area contributed by atoms with Crippen LogP contribution in [0, 0.1) is 0 Å². The van der Waals surface area contributed by atoms with Crippen molar-refractivity contribution in [2.75, 3.05) is 13.1 Å². The van der Waals surface area contributed by atoms with Crippen molar-refractivity contribution >= 4 is 17.2 Å². The molecule has 1 fully saturated rings. The Kier molecular flexibility index (Phi) is 4.56. The molecule has 1 atom stereocenters. The van der Waals surface area contributed by atoms with Gasteiger partial charge in [-0.25, -0.2) is 9.97 Å². The molecule has 128 valence electrons. The number of carbonyl (C=O) groups is 1. The van der Waals surface area contributed by atoms with Gasteiger partial charge in [-0.3, -0.25) is 9.78 Å². The molecule has 7 heteroatoms. The summed E-state index contributed by atoms with van der Waals surface area (Å²) in [6, 6.07) is 3.55. The predicted octanol–water partition coefficient (Wildman–Crippen LogP) is 2.80. The second kappa shape index (κ2) is 7.14. The zero-order chi connectivity index (χ0) is 17.1. The Hall–Kier alpha value is -2.54. The van der Waals surface area contributed by atoms with Gasteiger partial charge in [-0.1, -0.05) is 0 Å². The van der Waals surface area contributed by atoms with Crippen LogP contribution >= 0.6 is 11.3 Å². The lowest BCUT2D eigenvalue weighted by molar-refractivity contribution is 0.0703. The first-order valence-corrected chi connectivity index (χ1v) is 9.33. The third kappa shape index (κ3) is 3.46. The molecule has 1 amide bonds. The maximum Gasteiger partial charge on any atom is 0.253 e. The number of hydrogen-bond acceptors (Lipinski definition) is 5. The Morgan fingerprint density at radius 3 is 2.92 bits per heavy atom. The summed E-state index contributed by atoms with van der Waals surface area (Å²) in [6.07, 6.45) is 9.20. The van der Waals surface area contributed by atoms with Crippen molar-refractivity contribution in [3.63, 3.8) is 0 Å². The summed E-state index contributed by atoms with van der Waals surface area (Å²) in [5.41, 5.74) is 3.59. The third-order valence-electron chi connectivity index (χ3n) is 4.56. The largest absolute Gasteiger partial charge is 0.338 e. The number of rotatable bonds is 4. The molecule has 0 bridgehead atoms. The van der Waals surface area contributed by atoms with Gasteiger partial charge in [0.05, 0.1) is 17.7 Å². The molecule has 1 aliphatic heterocycles. The number of thiazole rings is 1. The van der Waals surface area contributed by atoms with Crippen molar-refractivity contribution in [1.82, 2.24) is 24.4 Å². The number of carbonyl (C=O) groups excluding carboxylic acids is 1. The average Bonchev–Trinajstić information content (AvgIpc) is 3.34. The number of nitrogens with zero attached hydrogens (tertiary/aromatic N) is 5. The number of imidazole rings is 1. The van der Waals surface area contributed by atoms with Crippen molar-refractivity contribution < 1.29 is 4.79 Å². The van der Waals surface area contributed by atoms with Gasteiger partial charge in [0.25, 0.3) is 5.91 Å². The first kappa shape index (κ1) is 16.0. The molecular weight excluding hydrogens is 334 g/mol. The molecule has 0 radical (unpaired) electrons. The summed E-state index contributed by atoms with van der Waals surface area (Å²) in [4.78, 5) is 27.6. The van der Waals surface area contributed by atoms with Crippen LogP contribution in [-0.4, -0.2) is 43.4 Å². The van der Waals surface area contributed by atoms with E-state index in [1.54, 1.807) is 35.9 Å². The Bertz CT molecular complexity index is 830. The first-order chi connectivity index (χ1) is 12.3. The Morgan fingerprint density at radius 1 is 1.24 bits per heavy atom. The van der Waals surface area contributed by atoms with Gasteiger partial charge in [0, 0.05) is 54.7 Å². The number of hydrogen-bond donors (Lipinski definition) is 0. The quantitative estimate of drug-likeness (QED) is 0.723. The third-order valence-corrected chi connectivity index (χ3v) is 5.20. The molecule has 25 heavy (non-hydrogen) atoms. The lowest BCUT2D eigenvalue weighted by Crippen LogP contribution is -2.39. The average molecular weight is 353 g/mol. The maximum atomic E-state index is 12.7. The Balaban J connectivity index is 1.50. The van der Waals surface area contributed by atoms with Crippen LogP contribution in [0.25, 0.3) is 0 Å². The van der Waals surface area contributed by atoms with Crippen molar-refractivity contribution in [3.8, 4) is 0 Å². The van der Waals surface area contributed by atoms with Gasteiger partial charge in [0.15, 0.2) is 0 Å². The molecule has 3 aromatic rings. The number of likely N-dealkylation sites (tertiary alicyclic amines) is 1. The highest BCUT2D eigenvalue weighted by Crippen LogP contribution is 2.27. The fourth-order valence-corrected chi connectivity index (χ4v) is 3.90. The molecule has 1 aliphatic rings. The van der Waals surface area contributed by atoms with Gasteiger partial charge in [-0.2, -0.15) is 0 Å². The van der Waals surface area contributed by atoms with Gasteiger partial charge < -0.3 is 9.47 Å². The van der Waals surface area contributed by atoms with E-state index in [0.29, 0.717) is 12.1 Å². The molecule has 4 rings (SSSR count). The highest BCUT2D eigenvalue weighted by atomic mass is 32.1. The van der Waals surface area contributed by atoms with E-state index in [9.17, 15) is 4.79 Å². The van der Waals surface area contributed by atoms with Crippen LogP contribution in [0.1, 0.15) is 40.6 Å². The minimum Gasteiger partial charge on any atom is -0.338 e. The van der Waals surface area contributed by atoms with E-state index in [0.717, 1.165) is 37.4 Å². The summed E-state index contributed by atoms with van der Waals surface area (Å²) >= 11 is 1.60. The van der Waals surface area contributed by atoms with Crippen LogP contribution in [0.15, 0.2) is 47.8 Å². The van der Waals surface area contributed by atoms with Crippen LogP contribution in [0.3, 0.4) is 0 Å². The van der Waals surface area contributed by atoms with E-state index in [-0.39, 0.29) is 11.8 Å². The number of amides is 1. The summed E-state index contributed by atoms with van der Waals surface area (Å²) in [6.45, 7) is 2.23. The lowest BCUT2D eigenvalue weighted by atomic mass is 9.96.